The quantitative estimate of drug-likeness (QED) is 0.378. The molecule has 0 amide bonds. The van der Waals surface area contributed by atoms with Gasteiger partial charge in [-0.15, -0.1) is 0 Å². The molecule has 2 nitrogen and oxygen atoms in total. The molecule has 0 atom stereocenters. The van der Waals surface area contributed by atoms with Gasteiger partial charge in [-0.2, -0.15) is 0 Å². The Morgan fingerprint density at radius 3 is 1.35 bits per heavy atom. The summed E-state index contributed by atoms with van der Waals surface area (Å²) in [7, 11) is 3.73. The molecule has 0 saturated heterocycles. The molecule has 0 unspecified atom stereocenters. The molecule has 0 aromatic heterocycles. The molecular weight excluding hydrogens is 273 g/mol. The van der Waals surface area contributed by atoms with Crippen LogP contribution in [0, 0.1) is 0 Å². The Kier molecular flexibility index (Phi) is 11.9. The van der Waals surface area contributed by atoms with Crippen molar-refractivity contribution in [3.05, 3.63) is 0 Å². The maximum atomic E-state index is 5.81. The van der Waals surface area contributed by atoms with E-state index in [2.05, 4.69) is 13.8 Å². The summed E-state index contributed by atoms with van der Waals surface area (Å²) in [6.45, 7) is 4.51. The van der Waals surface area contributed by atoms with Gasteiger partial charge in [0.15, 0.2) is 0 Å². The first kappa shape index (κ1) is 17.5. The first-order valence-corrected chi connectivity index (χ1v) is 12.0. The van der Waals surface area contributed by atoms with Crippen LogP contribution >= 0.6 is 0 Å². The van der Waals surface area contributed by atoms with Crippen LogP contribution in [0.4, 0.5) is 0 Å². The summed E-state index contributed by atoms with van der Waals surface area (Å²) in [5, 5.41) is 2.44. The van der Waals surface area contributed by atoms with Gasteiger partial charge in [0.1, 0.15) is 0 Å². The fraction of sp³-hybridized carbons (Fsp3) is 1.00. The topological polar surface area (TPSA) is 18.5 Å². The van der Waals surface area contributed by atoms with Crippen LogP contribution in [-0.2, 0) is 7.53 Å². The van der Waals surface area contributed by atoms with Crippen molar-refractivity contribution < 1.29 is 7.53 Å². The zero-order chi connectivity index (χ0) is 13.0. The summed E-state index contributed by atoms with van der Waals surface area (Å²) >= 11 is -2.38. The standard InChI is InChI=1S/C14H32GeO2/c1-5-7-9-11-13-15(16-3,17-4)14-12-10-8-6-2/h5-14H2,1-4H3. The van der Waals surface area contributed by atoms with Crippen molar-refractivity contribution in [2.75, 3.05) is 14.2 Å². The van der Waals surface area contributed by atoms with Gasteiger partial charge in [-0.1, -0.05) is 0 Å². The summed E-state index contributed by atoms with van der Waals surface area (Å²) in [6, 6.07) is 0. The molecule has 0 aliphatic rings. The monoisotopic (exact) mass is 306 g/mol. The minimum absolute atomic E-state index is 1.22. The summed E-state index contributed by atoms with van der Waals surface area (Å²) in [6.07, 6.45) is 10.6. The van der Waals surface area contributed by atoms with Crippen molar-refractivity contribution in [2.24, 2.45) is 0 Å². The average Bonchev–Trinajstić information content (AvgIpc) is 2.37. The first-order valence-electron chi connectivity index (χ1n) is 7.35. The van der Waals surface area contributed by atoms with Crippen LogP contribution in [-0.4, -0.2) is 28.2 Å². The summed E-state index contributed by atoms with van der Waals surface area (Å²) < 4.78 is 11.6. The first-order chi connectivity index (χ1) is 8.24. The van der Waals surface area contributed by atoms with E-state index in [0.29, 0.717) is 0 Å². The average molecular weight is 305 g/mol. The fourth-order valence-corrected chi connectivity index (χ4v) is 8.16. The molecule has 0 aliphatic carbocycles. The SMILES string of the molecule is CCCCC[CH2][Ge]([CH2]CCCCC)([O]C)[O]C. The van der Waals surface area contributed by atoms with E-state index in [1.807, 2.05) is 14.2 Å². The van der Waals surface area contributed by atoms with Crippen LogP contribution in [0.5, 0.6) is 0 Å². The van der Waals surface area contributed by atoms with Crippen molar-refractivity contribution in [3.8, 4) is 0 Å². The third-order valence-corrected chi connectivity index (χ3v) is 11.4. The maximum absolute atomic E-state index is 5.81. The Hall–Kier alpha value is 0.463. The Morgan fingerprint density at radius 2 is 1.06 bits per heavy atom. The summed E-state index contributed by atoms with van der Waals surface area (Å²) in [4.78, 5) is 0. The minimum atomic E-state index is -2.38. The second-order valence-electron chi connectivity index (χ2n) is 4.94. The van der Waals surface area contributed by atoms with Crippen molar-refractivity contribution in [3.63, 3.8) is 0 Å². The fourth-order valence-electron chi connectivity index (χ4n) is 2.26. The summed E-state index contributed by atoms with van der Waals surface area (Å²) in [5.41, 5.74) is 0. The zero-order valence-electron chi connectivity index (χ0n) is 12.4. The molecule has 0 fully saturated rings. The molecule has 3 heteroatoms. The number of hydrogen-bond acceptors (Lipinski definition) is 2. The Balaban J connectivity index is 3.88. The second-order valence-corrected chi connectivity index (χ2v) is 12.6. The predicted octanol–water partition coefficient (Wildman–Crippen LogP) is 4.88. The van der Waals surface area contributed by atoms with E-state index in [9.17, 15) is 0 Å². The molecule has 0 aromatic carbocycles. The molecule has 104 valence electrons. The number of rotatable bonds is 12. The van der Waals surface area contributed by atoms with E-state index in [1.54, 1.807) is 0 Å². The zero-order valence-corrected chi connectivity index (χ0v) is 14.5. The Morgan fingerprint density at radius 1 is 0.647 bits per heavy atom. The number of hydrogen-bond donors (Lipinski definition) is 0. The van der Waals surface area contributed by atoms with E-state index in [0.717, 1.165) is 0 Å². The third-order valence-electron chi connectivity index (χ3n) is 3.57. The van der Waals surface area contributed by atoms with Crippen LogP contribution in [0.2, 0.25) is 10.5 Å². The molecular formula is C14H32GeO2. The van der Waals surface area contributed by atoms with Gasteiger partial charge in [-0.3, -0.25) is 0 Å². The van der Waals surface area contributed by atoms with E-state index in [1.165, 1.54) is 61.9 Å². The Bertz CT molecular complexity index is 144. The van der Waals surface area contributed by atoms with Crippen molar-refractivity contribution in [2.45, 2.75) is 75.7 Å². The van der Waals surface area contributed by atoms with Gasteiger partial charge in [0, 0.05) is 0 Å². The van der Waals surface area contributed by atoms with Crippen LogP contribution in [0.15, 0.2) is 0 Å². The van der Waals surface area contributed by atoms with Gasteiger partial charge in [0.2, 0.25) is 0 Å². The van der Waals surface area contributed by atoms with Crippen molar-refractivity contribution in [1.82, 2.24) is 0 Å². The van der Waals surface area contributed by atoms with Crippen molar-refractivity contribution in [1.29, 1.82) is 0 Å². The van der Waals surface area contributed by atoms with Gasteiger partial charge in [-0.25, -0.2) is 0 Å². The van der Waals surface area contributed by atoms with E-state index in [-0.39, 0.29) is 0 Å². The second kappa shape index (κ2) is 11.5. The summed E-state index contributed by atoms with van der Waals surface area (Å²) in [5.74, 6) is 0. The molecule has 0 aromatic rings. The van der Waals surface area contributed by atoms with Crippen LogP contribution in [0.1, 0.15) is 65.2 Å². The predicted molar refractivity (Wildman–Crippen MR) is 77.7 cm³/mol. The molecule has 0 rings (SSSR count). The third kappa shape index (κ3) is 8.22. The van der Waals surface area contributed by atoms with E-state index in [4.69, 9.17) is 7.53 Å². The van der Waals surface area contributed by atoms with Gasteiger partial charge in [0.25, 0.3) is 0 Å². The van der Waals surface area contributed by atoms with Gasteiger partial charge in [-0.05, 0) is 0 Å². The number of unbranched alkanes of at least 4 members (excludes halogenated alkanes) is 6. The molecule has 17 heavy (non-hydrogen) atoms. The molecule has 0 N–H and O–H groups in total. The van der Waals surface area contributed by atoms with E-state index >= 15 is 0 Å². The van der Waals surface area contributed by atoms with Gasteiger partial charge < -0.3 is 0 Å². The molecule has 0 heterocycles. The van der Waals surface area contributed by atoms with Crippen LogP contribution < -0.4 is 0 Å². The van der Waals surface area contributed by atoms with Crippen LogP contribution in [0.25, 0.3) is 0 Å². The van der Waals surface area contributed by atoms with Gasteiger partial charge in [0.05, 0.1) is 0 Å². The normalized spacial score (nSPS) is 12.0. The van der Waals surface area contributed by atoms with Crippen molar-refractivity contribution >= 4 is 13.9 Å². The molecule has 0 aliphatic heterocycles. The van der Waals surface area contributed by atoms with E-state index < -0.39 is 13.9 Å². The molecule has 0 spiro atoms. The van der Waals surface area contributed by atoms with Crippen LogP contribution in [0.3, 0.4) is 0 Å². The molecule has 0 radical (unpaired) electrons. The molecule has 0 bridgehead atoms. The Labute approximate surface area is 112 Å². The van der Waals surface area contributed by atoms with Gasteiger partial charge >= 0.3 is 111 Å². The molecule has 0 saturated carbocycles.